The number of pyridine rings is 1. The van der Waals surface area contributed by atoms with Crippen LogP contribution in [0.2, 0.25) is 0 Å². The third kappa shape index (κ3) is 4.52. The Bertz CT molecular complexity index is 1360. The van der Waals surface area contributed by atoms with Crippen molar-refractivity contribution < 1.29 is 18.0 Å². The lowest BCUT2D eigenvalue weighted by molar-refractivity contribution is 0.0702. The molecule has 2 aromatic heterocycles. The number of rotatable bonds is 4. The Labute approximate surface area is 204 Å². The molecule has 1 fully saturated rings. The smallest absolute Gasteiger partial charge is 0.264 e. The zero-order chi connectivity index (χ0) is 24.8. The first-order valence-electron chi connectivity index (χ1n) is 11.2. The fraction of sp³-hybridized carbons (Fsp3) is 0.400. The van der Waals surface area contributed by atoms with E-state index < -0.39 is 10.0 Å². The molecule has 3 heterocycles. The van der Waals surface area contributed by atoms with Crippen LogP contribution in [0.3, 0.4) is 0 Å². The van der Waals surface area contributed by atoms with Gasteiger partial charge in [0, 0.05) is 43.3 Å². The van der Waals surface area contributed by atoms with Gasteiger partial charge in [-0.2, -0.15) is 4.31 Å². The van der Waals surface area contributed by atoms with Crippen molar-refractivity contribution in [2.45, 2.75) is 44.9 Å². The van der Waals surface area contributed by atoms with Gasteiger partial charge >= 0.3 is 0 Å². The molecule has 34 heavy (non-hydrogen) atoms. The number of fused-ring (bicyclic) bond motifs is 1. The second-order valence-electron chi connectivity index (χ2n) is 9.66. The van der Waals surface area contributed by atoms with Gasteiger partial charge in [0.05, 0.1) is 9.77 Å². The third-order valence-electron chi connectivity index (χ3n) is 6.28. The number of ketones is 1. The van der Waals surface area contributed by atoms with E-state index in [4.69, 9.17) is 0 Å². The number of carbonyl (C=O) groups excluding carboxylic acids is 2. The maximum atomic E-state index is 13.2. The van der Waals surface area contributed by atoms with Gasteiger partial charge in [0.25, 0.3) is 5.91 Å². The van der Waals surface area contributed by atoms with E-state index in [9.17, 15) is 18.0 Å². The van der Waals surface area contributed by atoms with Crippen molar-refractivity contribution in [1.29, 1.82) is 0 Å². The fourth-order valence-electron chi connectivity index (χ4n) is 4.05. The lowest BCUT2D eigenvalue weighted by Gasteiger charge is -2.34. The number of sulfonamides is 1. The highest BCUT2D eigenvalue weighted by molar-refractivity contribution is 7.89. The minimum Gasteiger partial charge on any atom is -0.335 e. The van der Waals surface area contributed by atoms with E-state index in [-0.39, 0.29) is 35.1 Å². The summed E-state index contributed by atoms with van der Waals surface area (Å²) in [5.74, 6) is -0.199. The van der Waals surface area contributed by atoms with Gasteiger partial charge in [0.2, 0.25) is 10.0 Å². The first-order valence-corrected chi connectivity index (χ1v) is 13.5. The lowest BCUT2D eigenvalue weighted by atomic mass is 9.87. The van der Waals surface area contributed by atoms with Crippen LogP contribution in [0.4, 0.5) is 0 Å². The van der Waals surface area contributed by atoms with E-state index in [0.717, 1.165) is 16.5 Å². The van der Waals surface area contributed by atoms with E-state index in [1.165, 1.54) is 28.8 Å². The van der Waals surface area contributed by atoms with Crippen molar-refractivity contribution in [3.05, 3.63) is 58.1 Å². The van der Waals surface area contributed by atoms with Crippen LogP contribution in [-0.4, -0.2) is 60.5 Å². The first kappa shape index (κ1) is 24.5. The van der Waals surface area contributed by atoms with Gasteiger partial charge in [-0.25, -0.2) is 13.4 Å². The molecule has 0 N–H and O–H groups in total. The van der Waals surface area contributed by atoms with Crippen molar-refractivity contribution in [3.8, 4) is 0 Å². The molecule has 0 radical (unpaired) electrons. The van der Waals surface area contributed by atoms with Crippen LogP contribution < -0.4 is 0 Å². The second kappa shape index (κ2) is 8.87. The zero-order valence-electron chi connectivity index (χ0n) is 20.1. The summed E-state index contributed by atoms with van der Waals surface area (Å²) in [7, 11) is -3.62. The minimum absolute atomic E-state index is 0.0534. The summed E-state index contributed by atoms with van der Waals surface area (Å²) in [6.07, 6.45) is 1.53. The van der Waals surface area contributed by atoms with Crippen molar-refractivity contribution >= 4 is 43.3 Å². The van der Waals surface area contributed by atoms with E-state index in [1.54, 1.807) is 23.1 Å². The maximum absolute atomic E-state index is 13.2. The van der Waals surface area contributed by atoms with Gasteiger partial charge in [-0.1, -0.05) is 32.9 Å². The monoisotopic (exact) mass is 499 g/mol. The number of hydrogen-bond acceptors (Lipinski definition) is 6. The Morgan fingerprint density at radius 1 is 1.03 bits per heavy atom. The van der Waals surface area contributed by atoms with Gasteiger partial charge in [-0.15, -0.1) is 11.3 Å². The predicted octanol–water partition coefficient (Wildman–Crippen LogP) is 4.25. The minimum atomic E-state index is -3.62. The van der Waals surface area contributed by atoms with E-state index in [1.807, 2.05) is 19.1 Å². The standard InChI is InChI=1S/C25H29N3O4S2/c1-16-21-14-18(17(2)29)15-26-23(21)33-22(16)24(30)27-10-12-28(13-11-27)34(31,32)20-8-6-19(7-9-20)25(3,4)5/h6-9,14-15H,10-13H2,1-5H3. The zero-order valence-corrected chi connectivity index (χ0v) is 21.7. The summed E-state index contributed by atoms with van der Waals surface area (Å²) < 4.78 is 27.7. The highest BCUT2D eigenvalue weighted by Crippen LogP contribution is 2.31. The molecular formula is C25H29N3O4S2. The highest BCUT2D eigenvalue weighted by atomic mass is 32.2. The van der Waals surface area contributed by atoms with E-state index >= 15 is 0 Å². The Hall–Kier alpha value is -2.62. The number of amides is 1. The quantitative estimate of drug-likeness (QED) is 0.501. The fourth-order valence-corrected chi connectivity index (χ4v) is 6.57. The third-order valence-corrected chi connectivity index (χ3v) is 9.40. The van der Waals surface area contributed by atoms with Gasteiger partial charge in [0.1, 0.15) is 4.83 Å². The molecule has 0 spiro atoms. The predicted molar refractivity (Wildman–Crippen MR) is 134 cm³/mol. The topological polar surface area (TPSA) is 87.7 Å². The summed E-state index contributed by atoms with van der Waals surface area (Å²) >= 11 is 1.31. The van der Waals surface area contributed by atoms with Crippen LogP contribution in [0.15, 0.2) is 41.4 Å². The summed E-state index contributed by atoms with van der Waals surface area (Å²) in [4.78, 5) is 32.5. The molecule has 4 rings (SSSR count). The largest absolute Gasteiger partial charge is 0.335 e. The molecular weight excluding hydrogens is 470 g/mol. The van der Waals surface area contributed by atoms with Crippen LogP contribution in [-0.2, 0) is 15.4 Å². The Balaban J connectivity index is 1.49. The Kier molecular flexibility index (Phi) is 6.39. The maximum Gasteiger partial charge on any atom is 0.264 e. The number of hydrogen-bond donors (Lipinski definition) is 0. The number of nitrogens with zero attached hydrogens (tertiary/aromatic N) is 3. The average molecular weight is 500 g/mol. The van der Waals surface area contributed by atoms with Crippen molar-refractivity contribution in [1.82, 2.24) is 14.2 Å². The van der Waals surface area contributed by atoms with E-state index in [0.29, 0.717) is 28.4 Å². The molecule has 1 aromatic carbocycles. The van der Waals surface area contributed by atoms with Crippen LogP contribution in [0.25, 0.3) is 10.2 Å². The summed E-state index contributed by atoms with van der Waals surface area (Å²) in [5, 5.41) is 0.806. The molecule has 0 saturated carbocycles. The van der Waals surface area contributed by atoms with E-state index in [2.05, 4.69) is 25.8 Å². The van der Waals surface area contributed by atoms with Crippen LogP contribution in [0.5, 0.6) is 0 Å². The van der Waals surface area contributed by atoms with Crippen LogP contribution in [0, 0.1) is 6.92 Å². The molecule has 3 aromatic rings. The first-order chi connectivity index (χ1) is 15.9. The second-order valence-corrected chi connectivity index (χ2v) is 12.6. The molecule has 1 aliphatic heterocycles. The van der Waals surface area contributed by atoms with Crippen LogP contribution >= 0.6 is 11.3 Å². The molecule has 0 bridgehead atoms. The van der Waals surface area contributed by atoms with Gasteiger partial charge in [-0.05, 0) is 48.6 Å². The molecule has 0 atom stereocenters. The molecule has 0 unspecified atom stereocenters. The number of piperazine rings is 1. The number of aromatic nitrogens is 1. The number of aryl methyl sites for hydroxylation is 1. The van der Waals surface area contributed by atoms with Crippen molar-refractivity contribution in [2.24, 2.45) is 0 Å². The Morgan fingerprint density at radius 3 is 2.21 bits per heavy atom. The summed E-state index contributed by atoms with van der Waals surface area (Å²) in [5.41, 5.74) is 2.34. The van der Waals surface area contributed by atoms with Crippen molar-refractivity contribution in [3.63, 3.8) is 0 Å². The number of benzene rings is 1. The number of thiophene rings is 1. The molecule has 180 valence electrons. The highest BCUT2D eigenvalue weighted by Gasteiger charge is 2.32. The van der Waals surface area contributed by atoms with Gasteiger partial charge < -0.3 is 4.90 Å². The molecule has 7 nitrogen and oxygen atoms in total. The van der Waals surface area contributed by atoms with Gasteiger partial charge in [0.15, 0.2) is 5.78 Å². The normalized spacial score (nSPS) is 15.6. The lowest BCUT2D eigenvalue weighted by Crippen LogP contribution is -2.50. The molecule has 9 heteroatoms. The summed E-state index contributed by atoms with van der Waals surface area (Å²) in [6.45, 7) is 10.7. The number of Topliss-reactive ketones (excluding diaryl/α,β-unsaturated/α-hetero) is 1. The molecule has 1 amide bonds. The Morgan fingerprint density at radius 2 is 1.65 bits per heavy atom. The molecule has 1 saturated heterocycles. The SMILES string of the molecule is CC(=O)c1cnc2sc(C(=O)N3CCN(S(=O)(=O)c4ccc(C(C)(C)C)cc4)CC3)c(C)c2c1. The summed E-state index contributed by atoms with van der Waals surface area (Å²) in [6, 6.07) is 8.83. The average Bonchev–Trinajstić information content (AvgIpc) is 3.14. The van der Waals surface area contributed by atoms with Gasteiger partial charge in [-0.3, -0.25) is 9.59 Å². The van der Waals surface area contributed by atoms with Crippen LogP contribution in [0.1, 0.15) is 58.9 Å². The molecule has 0 aliphatic carbocycles. The molecule has 1 aliphatic rings. The van der Waals surface area contributed by atoms with Crippen molar-refractivity contribution in [2.75, 3.05) is 26.2 Å². The number of carbonyl (C=O) groups is 2.